The van der Waals surface area contributed by atoms with Gasteiger partial charge >= 0.3 is 0 Å². The summed E-state index contributed by atoms with van der Waals surface area (Å²) < 4.78 is 5.47. The first kappa shape index (κ1) is 16.5. The maximum atomic E-state index is 5.47. The predicted molar refractivity (Wildman–Crippen MR) is 93.3 cm³/mol. The Labute approximate surface area is 134 Å². The lowest BCUT2D eigenvalue weighted by Crippen LogP contribution is -1.92. The van der Waals surface area contributed by atoms with Gasteiger partial charge in [-0.1, -0.05) is 38.7 Å². The first-order valence-electron chi connectivity index (χ1n) is 8.51. The Morgan fingerprint density at radius 1 is 0.864 bits per heavy atom. The molecule has 118 valence electrons. The van der Waals surface area contributed by atoms with E-state index in [1.54, 1.807) is 0 Å². The zero-order chi connectivity index (χ0) is 15.6. The zero-order valence-electron chi connectivity index (χ0n) is 13.8. The molecule has 0 fully saturated rings. The summed E-state index contributed by atoms with van der Waals surface area (Å²) in [6.07, 6.45) is 9.77. The van der Waals surface area contributed by atoms with Gasteiger partial charge in [-0.25, -0.2) is 0 Å². The molecule has 0 radical (unpaired) electrons. The summed E-state index contributed by atoms with van der Waals surface area (Å²) >= 11 is 0. The van der Waals surface area contributed by atoms with Crippen molar-refractivity contribution in [1.82, 2.24) is 4.98 Å². The molecular weight excluding hydrogens is 270 g/mol. The SMILES string of the molecule is CCCCCCCc1ccc(-c2ccc(OCC)cc2)nc1. The highest BCUT2D eigenvalue weighted by atomic mass is 16.5. The van der Waals surface area contributed by atoms with Gasteiger partial charge in [-0.2, -0.15) is 0 Å². The van der Waals surface area contributed by atoms with Crippen molar-refractivity contribution >= 4 is 0 Å². The highest BCUT2D eigenvalue weighted by molar-refractivity contribution is 5.60. The summed E-state index contributed by atoms with van der Waals surface area (Å²) in [4.78, 5) is 4.60. The summed E-state index contributed by atoms with van der Waals surface area (Å²) in [6, 6.07) is 12.5. The second-order valence-corrected chi connectivity index (χ2v) is 5.67. The van der Waals surface area contributed by atoms with Crippen molar-refractivity contribution in [2.24, 2.45) is 0 Å². The lowest BCUT2D eigenvalue weighted by molar-refractivity contribution is 0.340. The largest absolute Gasteiger partial charge is 0.494 e. The summed E-state index contributed by atoms with van der Waals surface area (Å²) in [7, 11) is 0. The standard InChI is InChI=1S/C20H27NO/c1-3-5-6-7-8-9-17-10-15-20(21-16-17)18-11-13-19(14-12-18)22-4-2/h10-16H,3-9H2,1-2H3. The fraction of sp³-hybridized carbons (Fsp3) is 0.450. The molecule has 0 saturated carbocycles. The molecule has 1 aromatic heterocycles. The van der Waals surface area contributed by atoms with Gasteiger partial charge in [-0.05, 0) is 55.7 Å². The third-order valence-electron chi connectivity index (χ3n) is 3.85. The number of benzene rings is 1. The van der Waals surface area contributed by atoms with E-state index in [9.17, 15) is 0 Å². The minimum atomic E-state index is 0.699. The van der Waals surface area contributed by atoms with Gasteiger partial charge in [-0.15, -0.1) is 0 Å². The Hall–Kier alpha value is -1.83. The molecule has 22 heavy (non-hydrogen) atoms. The second kappa shape index (κ2) is 9.24. The van der Waals surface area contributed by atoms with Gasteiger partial charge in [0.1, 0.15) is 5.75 Å². The van der Waals surface area contributed by atoms with Crippen molar-refractivity contribution in [3.05, 3.63) is 48.2 Å². The number of aromatic nitrogens is 1. The first-order valence-corrected chi connectivity index (χ1v) is 8.51. The molecule has 0 saturated heterocycles. The van der Waals surface area contributed by atoms with Gasteiger partial charge in [-0.3, -0.25) is 4.98 Å². The number of hydrogen-bond acceptors (Lipinski definition) is 2. The van der Waals surface area contributed by atoms with Crippen LogP contribution < -0.4 is 4.74 Å². The molecule has 0 amide bonds. The van der Waals surface area contributed by atoms with Gasteiger partial charge in [0.25, 0.3) is 0 Å². The fourth-order valence-corrected chi connectivity index (χ4v) is 2.56. The van der Waals surface area contributed by atoms with Crippen molar-refractivity contribution in [2.45, 2.75) is 52.4 Å². The molecule has 0 aliphatic carbocycles. The molecule has 0 unspecified atom stereocenters. The molecule has 0 atom stereocenters. The van der Waals surface area contributed by atoms with Crippen LogP contribution in [0.2, 0.25) is 0 Å². The van der Waals surface area contributed by atoms with Gasteiger partial charge < -0.3 is 4.74 Å². The average molecular weight is 297 g/mol. The van der Waals surface area contributed by atoms with Crippen molar-refractivity contribution < 1.29 is 4.74 Å². The average Bonchev–Trinajstić information content (AvgIpc) is 2.56. The molecule has 0 spiro atoms. The molecule has 0 aliphatic rings. The van der Waals surface area contributed by atoms with E-state index in [0.29, 0.717) is 6.61 Å². The minimum absolute atomic E-state index is 0.699. The normalized spacial score (nSPS) is 10.6. The highest BCUT2D eigenvalue weighted by Gasteiger charge is 2.01. The molecule has 0 aliphatic heterocycles. The molecule has 2 heteroatoms. The van der Waals surface area contributed by atoms with Gasteiger partial charge in [0.15, 0.2) is 0 Å². The lowest BCUT2D eigenvalue weighted by Gasteiger charge is -2.06. The quantitative estimate of drug-likeness (QED) is 0.557. The summed E-state index contributed by atoms with van der Waals surface area (Å²) in [6.45, 7) is 4.95. The highest BCUT2D eigenvalue weighted by Crippen LogP contribution is 2.21. The molecule has 2 rings (SSSR count). The van der Waals surface area contributed by atoms with E-state index in [-0.39, 0.29) is 0 Å². The lowest BCUT2D eigenvalue weighted by atomic mass is 10.1. The van der Waals surface area contributed by atoms with Crippen molar-refractivity contribution in [2.75, 3.05) is 6.61 Å². The van der Waals surface area contributed by atoms with Crippen molar-refractivity contribution in [3.63, 3.8) is 0 Å². The molecule has 0 bridgehead atoms. The van der Waals surface area contributed by atoms with Crippen LogP contribution in [0.1, 0.15) is 51.5 Å². The molecule has 2 nitrogen and oxygen atoms in total. The Balaban J connectivity index is 1.88. The van der Waals surface area contributed by atoms with Crippen LogP contribution in [0.25, 0.3) is 11.3 Å². The third kappa shape index (κ3) is 5.18. The molecule has 2 aromatic rings. The molecular formula is C20H27NO. The van der Waals surface area contributed by atoms with Crippen LogP contribution in [-0.4, -0.2) is 11.6 Å². The maximum absolute atomic E-state index is 5.47. The Kier molecular flexibility index (Phi) is 6.95. The van der Waals surface area contributed by atoms with E-state index in [4.69, 9.17) is 4.74 Å². The van der Waals surface area contributed by atoms with E-state index in [0.717, 1.165) is 23.4 Å². The van der Waals surface area contributed by atoms with Crippen LogP contribution in [0.15, 0.2) is 42.6 Å². The fourth-order valence-electron chi connectivity index (χ4n) is 2.56. The van der Waals surface area contributed by atoms with E-state index in [1.165, 1.54) is 37.7 Å². The van der Waals surface area contributed by atoms with Crippen LogP contribution in [0.3, 0.4) is 0 Å². The van der Waals surface area contributed by atoms with Crippen LogP contribution >= 0.6 is 0 Å². The second-order valence-electron chi connectivity index (χ2n) is 5.67. The van der Waals surface area contributed by atoms with E-state index in [2.05, 4.69) is 36.2 Å². The number of rotatable bonds is 9. The number of nitrogens with zero attached hydrogens (tertiary/aromatic N) is 1. The Bertz CT molecular complexity index is 531. The number of unbranched alkanes of at least 4 members (excludes halogenated alkanes) is 4. The number of hydrogen-bond donors (Lipinski definition) is 0. The number of ether oxygens (including phenoxy) is 1. The number of aryl methyl sites for hydroxylation is 1. The van der Waals surface area contributed by atoms with Crippen molar-refractivity contribution in [1.29, 1.82) is 0 Å². The van der Waals surface area contributed by atoms with Crippen LogP contribution in [-0.2, 0) is 6.42 Å². The molecule has 1 heterocycles. The molecule has 0 N–H and O–H groups in total. The van der Waals surface area contributed by atoms with Crippen molar-refractivity contribution in [3.8, 4) is 17.0 Å². The van der Waals surface area contributed by atoms with E-state index >= 15 is 0 Å². The predicted octanol–water partition coefficient (Wildman–Crippen LogP) is 5.66. The maximum Gasteiger partial charge on any atom is 0.119 e. The summed E-state index contributed by atoms with van der Waals surface area (Å²) in [5.41, 5.74) is 3.50. The van der Waals surface area contributed by atoms with E-state index in [1.807, 2.05) is 25.3 Å². The van der Waals surface area contributed by atoms with Crippen LogP contribution in [0, 0.1) is 0 Å². The zero-order valence-corrected chi connectivity index (χ0v) is 13.8. The first-order chi connectivity index (χ1) is 10.8. The smallest absolute Gasteiger partial charge is 0.119 e. The van der Waals surface area contributed by atoms with Crippen LogP contribution in [0.4, 0.5) is 0 Å². The Morgan fingerprint density at radius 3 is 2.27 bits per heavy atom. The van der Waals surface area contributed by atoms with Gasteiger partial charge in [0.2, 0.25) is 0 Å². The minimum Gasteiger partial charge on any atom is -0.494 e. The number of pyridine rings is 1. The van der Waals surface area contributed by atoms with Gasteiger partial charge in [0.05, 0.1) is 12.3 Å². The van der Waals surface area contributed by atoms with Gasteiger partial charge in [0, 0.05) is 11.8 Å². The summed E-state index contributed by atoms with van der Waals surface area (Å²) in [5, 5.41) is 0. The van der Waals surface area contributed by atoms with Crippen LogP contribution in [0.5, 0.6) is 5.75 Å². The topological polar surface area (TPSA) is 22.1 Å². The summed E-state index contributed by atoms with van der Waals surface area (Å²) in [5.74, 6) is 0.912. The monoisotopic (exact) mass is 297 g/mol. The Morgan fingerprint density at radius 2 is 1.64 bits per heavy atom. The molecule has 1 aromatic carbocycles. The van der Waals surface area contributed by atoms with E-state index < -0.39 is 0 Å². The third-order valence-corrected chi connectivity index (χ3v) is 3.85.